The molecule has 0 aliphatic carbocycles. The van der Waals surface area contributed by atoms with Crippen molar-refractivity contribution in [2.75, 3.05) is 13.6 Å². The van der Waals surface area contributed by atoms with Crippen LogP contribution in [0, 0.1) is 0 Å². The van der Waals surface area contributed by atoms with Gasteiger partial charge in [0, 0.05) is 37.1 Å². The summed E-state index contributed by atoms with van der Waals surface area (Å²) in [7, 11) is 2.28. The van der Waals surface area contributed by atoms with E-state index in [9.17, 15) is 0 Å². The molecule has 1 aromatic heterocycles. The van der Waals surface area contributed by atoms with E-state index < -0.39 is 0 Å². The molecule has 1 aromatic rings. The Morgan fingerprint density at radius 1 is 1.33 bits per heavy atom. The first-order valence-electron chi connectivity index (χ1n) is 7.16. The number of piperidine rings is 1. The van der Waals surface area contributed by atoms with Gasteiger partial charge in [0.1, 0.15) is 0 Å². The Morgan fingerprint density at radius 3 is 2.78 bits per heavy atom. The zero-order valence-corrected chi connectivity index (χ0v) is 11.2. The molecule has 0 aromatic carbocycles. The van der Waals surface area contributed by atoms with E-state index in [4.69, 9.17) is 0 Å². The van der Waals surface area contributed by atoms with Crippen molar-refractivity contribution in [3.8, 4) is 0 Å². The van der Waals surface area contributed by atoms with Gasteiger partial charge in [0.25, 0.3) is 0 Å². The molecule has 1 N–H and O–H groups in total. The summed E-state index contributed by atoms with van der Waals surface area (Å²) >= 11 is 0. The number of hydrogen-bond acceptors (Lipinski definition) is 3. The second kappa shape index (κ2) is 5.37. The fraction of sp³-hybridized carbons (Fsp3) is 0.667. The minimum Gasteiger partial charge on any atom is -0.311 e. The van der Waals surface area contributed by atoms with E-state index in [0.29, 0.717) is 0 Å². The van der Waals surface area contributed by atoms with Crippen LogP contribution in [0.2, 0.25) is 0 Å². The molecule has 2 aliphatic rings. The fourth-order valence-electron chi connectivity index (χ4n) is 3.42. The Bertz CT molecular complexity index is 367. The first-order chi connectivity index (χ1) is 8.81. The minimum atomic E-state index is 0.778. The van der Waals surface area contributed by atoms with Gasteiger partial charge < -0.3 is 10.2 Å². The van der Waals surface area contributed by atoms with Crippen molar-refractivity contribution < 1.29 is 0 Å². The van der Waals surface area contributed by atoms with E-state index in [1.54, 1.807) is 0 Å². The predicted octanol–water partition coefficient (Wildman–Crippen LogP) is 1.84. The second-order valence-corrected chi connectivity index (χ2v) is 5.85. The van der Waals surface area contributed by atoms with Gasteiger partial charge in [-0.25, -0.2) is 0 Å². The van der Waals surface area contributed by atoms with E-state index in [0.717, 1.165) is 31.1 Å². The maximum atomic E-state index is 4.18. The van der Waals surface area contributed by atoms with Crippen molar-refractivity contribution >= 4 is 0 Å². The van der Waals surface area contributed by atoms with E-state index >= 15 is 0 Å². The highest BCUT2D eigenvalue weighted by molar-refractivity contribution is 5.08. The van der Waals surface area contributed by atoms with Gasteiger partial charge in [0.15, 0.2) is 0 Å². The molecular weight excluding hydrogens is 222 g/mol. The predicted molar refractivity (Wildman–Crippen MR) is 73.5 cm³/mol. The lowest BCUT2D eigenvalue weighted by Gasteiger charge is -2.35. The number of fused-ring (bicyclic) bond motifs is 2. The minimum absolute atomic E-state index is 0.778. The molecule has 2 unspecified atom stereocenters. The van der Waals surface area contributed by atoms with Crippen molar-refractivity contribution in [1.29, 1.82) is 0 Å². The highest BCUT2D eigenvalue weighted by Gasteiger charge is 2.34. The van der Waals surface area contributed by atoms with Crippen molar-refractivity contribution in [2.24, 2.45) is 0 Å². The molecule has 3 nitrogen and oxygen atoms in total. The molecule has 98 valence electrons. The van der Waals surface area contributed by atoms with E-state index in [2.05, 4.69) is 28.3 Å². The summed E-state index contributed by atoms with van der Waals surface area (Å²) in [5.74, 6) is 0. The maximum absolute atomic E-state index is 4.18. The molecule has 3 rings (SSSR count). The van der Waals surface area contributed by atoms with Gasteiger partial charge in [0.2, 0.25) is 0 Å². The van der Waals surface area contributed by atoms with Crippen LogP contribution in [0.3, 0.4) is 0 Å². The number of rotatable bonds is 4. The van der Waals surface area contributed by atoms with Gasteiger partial charge in [-0.2, -0.15) is 0 Å². The summed E-state index contributed by atoms with van der Waals surface area (Å²) in [6.07, 6.45) is 10.4. The van der Waals surface area contributed by atoms with Gasteiger partial charge in [-0.1, -0.05) is 6.07 Å². The first kappa shape index (κ1) is 12.1. The van der Waals surface area contributed by atoms with Crippen LogP contribution >= 0.6 is 0 Å². The van der Waals surface area contributed by atoms with Crippen LogP contribution in [0.5, 0.6) is 0 Å². The summed E-state index contributed by atoms with van der Waals surface area (Å²) < 4.78 is 0. The van der Waals surface area contributed by atoms with Crippen molar-refractivity contribution in [1.82, 2.24) is 15.2 Å². The van der Waals surface area contributed by atoms with E-state index in [-0.39, 0.29) is 0 Å². The molecule has 2 aliphatic heterocycles. The maximum Gasteiger partial charge on any atom is 0.0300 e. The number of likely N-dealkylation sites (N-methyl/N-ethyl adjacent to an activating group) is 1. The Labute approximate surface area is 110 Å². The van der Waals surface area contributed by atoms with Crippen LogP contribution in [-0.2, 0) is 6.42 Å². The van der Waals surface area contributed by atoms with E-state index in [1.165, 1.54) is 31.2 Å². The van der Waals surface area contributed by atoms with Gasteiger partial charge >= 0.3 is 0 Å². The van der Waals surface area contributed by atoms with Gasteiger partial charge in [-0.3, -0.25) is 4.98 Å². The first-order valence-corrected chi connectivity index (χ1v) is 7.16. The molecule has 3 heterocycles. The Morgan fingerprint density at radius 2 is 2.11 bits per heavy atom. The number of pyridine rings is 1. The standard InChI is InChI=1S/C15H23N3/c1-18(8-6-12-3-2-7-16-11-12)15-9-13-4-5-14(10-15)17-13/h2-3,7,11,13-15,17H,4-6,8-10H2,1H3. The zero-order valence-electron chi connectivity index (χ0n) is 11.2. The number of nitrogens with zero attached hydrogens (tertiary/aromatic N) is 2. The molecule has 0 radical (unpaired) electrons. The third kappa shape index (κ3) is 2.73. The van der Waals surface area contributed by atoms with Crippen LogP contribution < -0.4 is 5.32 Å². The summed E-state index contributed by atoms with van der Waals surface area (Å²) in [6, 6.07) is 6.55. The van der Waals surface area contributed by atoms with Crippen LogP contribution in [0.1, 0.15) is 31.2 Å². The Hall–Kier alpha value is -0.930. The molecule has 0 saturated carbocycles. The summed E-state index contributed by atoms with van der Waals surface area (Å²) in [4.78, 5) is 6.74. The quantitative estimate of drug-likeness (QED) is 0.877. The molecule has 2 bridgehead atoms. The molecule has 2 saturated heterocycles. The second-order valence-electron chi connectivity index (χ2n) is 5.85. The van der Waals surface area contributed by atoms with Crippen LogP contribution in [0.25, 0.3) is 0 Å². The van der Waals surface area contributed by atoms with Crippen molar-refractivity contribution in [2.45, 2.75) is 50.2 Å². The monoisotopic (exact) mass is 245 g/mol. The molecular formula is C15H23N3. The van der Waals surface area contributed by atoms with Crippen LogP contribution in [0.15, 0.2) is 24.5 Å². The summed E-state index contributed by atoms with van der Waals surface area (Å²) in [5.41, 5.74) is 1.35. The normalized spacial score (nSPS) is 30.9. The third-order valence-corrected chi connectivity index (χ3v) is 4.55. The number of aromatic nitrogens is 1. The van der Waals surface area contributed by atoms with E-state index in [1.807, 2.05) is 18.5 Å². The average molecular weight is 245 g/mol. The van der Waals surface area contributed by atoms with Crippen molar-refractivity contribution in [3.05, 3.63) is 30.1 Å². The molecule has 18 heavy (non-hydrogen) atoms. The molecule has 2 fully saturated rings. The zero-order chi connectivity index (χ0) is 12.4. The third-order valence-electron chi connectivity index (χ3n) is 4.55. The van der Waals surface area contributed by atoms with Gasteiger partial charge in [0.05, 0.1) is 0 Å². The smallest absolute Gasteiger partial charge is 0.0300 e. The summed E-state index contributed by atoms with van der Waals surface area (Å²) in [6.45, 7) is 1.15. The lowest BCUT2D eigenvalue weighted by Crippen LogP contribution is -2.47. The van der Waals surface area contributed by atoms with Crippen molar-refractivity contribution in [3.63, 3.8) is 0 Å². The molecule has 0 spiro atoms. The highest BCUT2D eigenvalue weighted by Crippen LogP contribution is 2.29. The van der Waals surface area contributed by atoms with Crippen LogP contribution in [0.4, 0.5) is 0 Å². The Kier molecular flexibility index (Phi) is 3.62. The molecule has 0 amide bonds. The summed E-state index contributed by atoms with van der Waals surface area (Å²) in [5, 5.41) is 3.71. The Balaban J connectivity index is 1.51. The molecule has 3 heteroatoms. The van der Waals surface area contributed by atoms with Gasteiger partial charge in [-0.05, 0) is 50.8 Å². The fourth-order valence-corrected chi connectivity index (χ4v) is 3.42. The van der Waals surface area contributed by atoms with Crippen LogP contribution in [-0.4, -0.2) is 41.6 Å². The largest absolute Gasteiger partial charge is 0.311 e. The lowest BCUT2D eigenvalue weighted by molar-refractivity contribution is 0.174. The number of nitrogens with one attached hydrogen (secondary N) is 1. The van der Waals surface area contributed by atoms with Gasteiger partial charge in [-0.15, -0.1) is 0 Å². The lowest BCUT2D eigenvalue weighted by atomic mass is 9.98. The topological polar surface area (TPSA) is 28.2 Å². The average Bonchev–Trinajstić information content (AvgIpc) is 2.76. The molecule has 2 atom stereocenters. The SMILES string of the molecule is CN(CCc1cccnc1)C1CC2CCC(C1)N2. The number of hydrogen-bond donors (Lipinski definition) is 1. The highest BCUT2D eigenvalue weighted by atomic mass is 15.2.